The summed E-state index contributed by atoms with van der Waals surface area (Å²) in [5.41, 5.74) is 5.81. The van der Waals surface area contributed by atoms with Gasteiger partial charge in [0.05, 0.1) is 0 Å². The summed E-state index contributed by atoms with van der Waals surface area (Å²) in [7, 11) is -1.24. The molecule has 0 radical (unpaired) electrons. The molecule has 0 saturated carbocycles. The van der Waals surface area contributed by atoms with Gasteiger partial charge >= 0.3 is 0 Å². The summed E-state index contributed by atoms with van der Waals surface area (Å²) in [6.07, 6.45) is 15.9. The molecule has 0 bridgehead atoms. The Labute approximate surface area is 217 Å². The molecule has 0 atom stereocenters. The number of hydrogen-bond donors (Lipinski definition) is 0. The van der Waals surface area contributed by atoms with Crippen molar-refractivity contribution in [2.75, 3.05) is 0 Å². The molecule has 2 aromatic rings. The van der Waals surface area contributed by atoms with Gasteiger partial charge in [-0.05, 0) is 41.2 Å². The third-order valence-corrected chi connectivity index (χ3v) is 11.4. The zero-order valence-electron chi connectivity index (χ0n) is 21.1. The van der Waals surface area contributed by atoms with Crippen LogP contribution in [0.1, 0.15) is 59.1 Å². The van der Waals surface area contributed by atoms with Gasteiger partial charge in [0.2, 0.25) is 0 Å². The first kappa shape index (κ1) is 29.4. The van der Waals surface area contributed by atoms with Crippen LogP contribution in [0, 0.1) is 0 Å². The smallest absolute Gasteiger partial charge is 0.0425 e. The van der Waals surface area contributed by atoms with Gasteiger partial charge in [0.25, 0.3) is 0 Å². The molecular weight excluding hydrogens is 453 g/mol. The number of rotatable bonds is 7. The van der Waals surface area contributed by atoms with Gasteiger partial charge in [0.1, 0.15) is 0 Å². The van der Waals surface area contributed by atoms with Crippen LogP contribution in [0.4, 0.5) is 0 Å². The molecule has 0 N–H and O–H groups in total. The minimum atomic E-state index is -1.24. The van der Waals surface area contributed by atoms with Crippen LogP contribution in [-0.2, 0) is 21.7 Å². The minimum Gasteiger partial charge on any atom is -0.271 e. The van der Waals surface area contributed by atoms with Gasteiger partial charge in [-0.15, -0.1) is 0 Å². The second kappa shape index (κ2) is 15.3. The van der Waals surface area contributed by atoms with Crippen molar-refractivity contribution in [3.05, 3.63) is 108 Å². The Morgan fingerprint density at radius 3 is 1.45 bits per heavy atom. The Morgan fingerprint density at radius 1 is 0.697 bits per heavy atom. The van der Waals surface area contributed by atoms with E-state index in [2.05, 4.69) is 108 Å². The number of nitrogens with zero attached hydrogens (tertiary/aromatic N) is 1. The molecule has 0 aliphatic heterocycles. The maximum absolute atomic E-state index is 5.22. The summed E-state index contributed by atoms with van der Waals surface area (Å²) < 4.78 is 5.22. The first-order valence-electron chi connectivity index (χ1n) is 11.8. The summed E-state index contributed by atoms with van der Waals surface area (Å²) in [4.78, 5) is 0. The molecule has 0 amide bonds. The van der Waals surface area contributed by atoms with Crippen molar-refractivity contribution in [2.24, 2.45) is 4.74 Å². The minimum absolute atomic E-state index is 0. The summed E-state index contributed by atoms with van der Waals surface area (Å²) in [5.74, 6) is 0. The summed E-state index contributed by atoms with van der Waals surface area (Å²) in [6.45, 7) is 14.1. The fourth-order valence-electron chi connectivity index (χ4n) is 4.33. The molecule has 0 heterocycles. The molecule has 0 saturated heterocycles. The van der Waals surface area contributed by atoms with Crippen molar-refractivity contribution in [3.8, 4) is 0 Å². The van der Waals surface area contributed by atoms with Gasteiger partial charge in [0.15, 0.2) is 0 Å². The molecule has 2 aromatic carbocycles. The summed E-state index contributed by atoms with van der Waals surface area (Å²) in [6, 6.07) is 20.6. The molecule has 174 valence electrons. The van der Waals surface area contributed by atoms with E-state index in [4.69, 9.17) is 4.74 Å². The van der Waals surface area contributed by atoms with Gasteiger partial charge < -0.3 is 0 Å². The number of benzene rings is 2. The van der Waals surface area contributed by atoms with Crippen LogP contribution in [-0.4, -0.2) is 17.0 Å². The molecule has 1 aliphatic carbocycles. The monoisotopic (exact) mass is 493 g/mol. The average molecular weight is 493 g/mol. The van der Waals surface area contributed by atoms with Crippen LogP contribution in [0.15, 0.2) is 101 Å². The van der Waals surface area contributed by atoms with Crippen molar-refractivity contribution >= 4 is 19.2 Å². The van der Waals surface area contributed by atoms with E-state index < -0.39 is 7.05 Å². The van der Waals surface area contributed by atoms with Gasteiger partial charge in [-0.1, -0.05) is 139 Å². The SMILES string of the molecule is C(C=Cc1ccccc1)=Cc1ccccc1.CC(C)P(=NC1=CC=CC1)(C(C)C)C(C)C.[Ti]. The van der Waals surface area contributed by atoms with Crippen molar-refractivity contribution in [3.63, 3.8) is 0 Å². The molecule has 0 spiro atoms. The fraction of sp³-hybridized carbons (Fsp3) is 0.333. The van der Waals surface area contributed by atoms with E-state index in [1.807, 2.05) is 36.4 Å². The molecule has 3 rings (SSSR count). The van der Waals surface area contributed by atoms with Crippen LogP contribution < -0.4 is 0 Å². The number of hydrogen-bond acceptors (Lipinski definition) is 1. The maximum atomic E-state index is 5.22. The predicted octanol–water partition coefficient (Wildman–Crippen LogP) is 9.67. The van der Waals surface area contributed by atoms with E-state index in [1.54, 1.807) is 0 Å². The van der Waals surface area contributed by atoms with E-state index in [-0.39, 0.29) is 21.7 Å². The molecular formula is C30H40NPTi. The van der Waals surface area contributed by atoms with Gasteiger partial charge in [0, 0.05) is 33.8 Å². The van der Waals surface area contributed by atoms with Crippen LogP contribution in [0.5, 0.6) is 0 Å². The summed E-state index contributed by atoms with van der Waals surface area (Å²) >= 11 is 0. The zero-order valence-corrected chi connectivity index (χ0v) is 23.6. The van der Waals surface area contributed by atoms with E-state index in [0.29, 0.717) is 17.0 Å². The molecule has 0 aromatic heterocycles. The van der Waals surface area contributed by atoms with Gasteiger partial charge in [-0.2, -0.15) is 0 Å². The van der Waals surface area contributed by atoms with Crippen molar-refractivity contribution < 1.29 is 21.7 Å². The van der Waals surface area contributed by atoms with E-state index in [9.17, 15) is 0 Å². The molecule has 3 heteroatoms. The first-order valence-corrected chi connectivity index (χ1v) is 13.7. The van der Waals surface area contributed by atoms with Crippen molar-refractivity contribution in [2.45, 2.75) is 64.9 Å². The van der Waals surface area contributed by atoms with E-state index in [0.717, 1.165) is 6.42 Å². The standard InChI is InChI=1S/C16H14.C14H26NP.Ti/c1-3-9-15(10-4-1)13-7-8-14-16-11-5-2-6-12-16;1-11(2)16(12(3)4,13(5)6)15-14-9-7-8-10-14;/h1-14H;7-9,11-13H,10H2,1-6H3;. The van der Waals surface area contributed by atoms with Crippen LogP contribution in [0.3, 0.4) is 0 Å². The van der Waals surface area contributed by atoms with E-state index in [1.165, 1.54) is 16.8 Å². The normalized spacial score (nSPS) is 13.4. The summed E-state index contributed by atoms with van der Waals surface area (Å²) in [5, 5.41) is 0. The topological polar surface area (TPSA) is 12.4 Å². The zero-order chi connectivity index (χ0) is 23.4. The van der Waals surface area contributed by atoms with Gasteiger partial charge in [-0.3, -0.25) is 4.74 Å². The van der Waals surface area contributed by atoms with Crippen LogP contribution in [0.2, 0.25) is 0 Å². The first-order chi connectivity index (χ1) is 15.4. The molecule has 0 fully saturated rings. The Bertz CT molecular complexity index is 904. The van der Waals surface area contributed by atoms with Gasteiger partial charge in [-0.25, -0.2) is 0 Å². The van der Waals surface area contributed by atoms with E-state index >= 15 is 0 Å². The maximum Gasteiger partial charge on any atom is 0.0425 e. The largest absolute Gasteiger partial charge is 0.271 e. The van der Waals surface area contributed by atoms with Crippen molar-refractivity contribution in [1.82, 2.24) is 0 Å². The Morgan fingerprint density at radius 2 is 1.12 bits per heavy atom. The predicted molar refractivity (Wildman–Crippen MR) is 148 cm³/mol. The Kier molecular flexibility index (Phi) is 13.6. The van der Waals surface area contributed by atoms with Crippen molar-refractivity contribution in [1.29, 1.82) is 0 Å². The quantitative estimate of drug-likeness (QED) is 0.207. The second-order valence-electron chi connectivity index (χ2n) is 9.00. The molecule has 1 nitrogen and oxygen atoms in total. The molecule has 33 heavy (non-hydrogen) atoms. The third-order valence-electron chi connectivity index (χ3n) is 5.82. The molecule has 1 aliphatic rings. The van der Waals surface area contributed by atoms with Crippen LogP contribution in [0.25, 0.3) is 12.2 Å². The average Bonchev–Trinajstić information content (AvgIpc) is 3.29. The fourth-order valence-corrected chi connectivity index (χ4v) is 9.19. The Hall–Kier alpha value is -1.66. The molecule has 0 unspecified atom stereocenters. The second-order valence-corrected chi connectivity index (χ2v) is 13.9. The third kappa shape index (κ3) is 9.25. The Balaban J connectivity index is 0.000000320. The van der Waals surface area contributed by atoms with Crippen LogP contribution >= 0.6 is 7.05 Å². The number of allylic oxidation sites excluding steroid dienone is 5.